The molecule has 0 aliphatic rings. The van der Waals surface area contributed by atoms with E-state index < -0.39 is 0 Å². The quantitative estimate of drug-likeness (QED) is 0.691. The lowest BCUT2D eigenvalue weighted by molar-refractivity contribution is -0.0331. The normalized spacial score (nSPS) is 15.2. The van der Waals surface area contributed by atoms with Gasteiger partial charge in [0.05, 0.1) is 5.60 Å². The number of hydrogen-bond donors (Lipinski definition) is 1. The molecule has 2 heteroatoms. The van der Waals surface area contributed by atoms with Gasteiger partial charge in [-0.3, -0.25) is 0 Å². The highest BCUT2D eigenvalue weighted by molar-refractivity contribution is 4.83. The van der Waals surface area contributed by atoms with Gasteiger partial charge in [0.2, 0.25) is 0 Å². The predicted molar refractivity (Wildman–Crippen MR) is 53.1 cm³/mol. The molecule has 0 spiro atoms. The molecule has 0 aromatic heterocycles. The molecule has 1 atom stereocenters. The Bertz CT molecular complexity index is 121. The second kappa shape index (κ2) is 4.83. The van der Waals surface area contributed by atoms with Gasteiger partial charge in [-0.05, 0) is 33.1 Å². The van der Waals surface area contributed by atoms with Crippen LogP contribution in [0.3, 0.4) is 0 Å². The molecular weight excluding hydrogens is 150 g/mol. The van der Waals surface area contributed by atoms with Crippen molar-refractivity contribution in [1.29, 1.82) is 0 Å². The number of hydrogen-bond acceptors (Lipinski definition) is 2. The fourth-order valence-corrected chi connectivity index (χ4v) is 1.27. The first-order valence-electron chi connectivity index (χ1n) is 4.79. The van der Waals surface area contributed by atoms with E-state index in [9.17, 15) is 0 Å². The topological polar surface area (TPSA) is 35.2 Å². The summed E-state index contributed by atoms with van der Waals surface area (Å²) in [6.07, 6.45) is 1.02. The molecule has 0 radical (unpaired) electrons. The molecule has 0 saturated heterocycles. The van der Waals surface area contributed by atoms with Gasteiger partial charge in [0, 0.05) is 12.6 Å². The van der Waals surface area contributed by atoms with Crippen molar-refractivity contribution in [3.63, 3.8) is 0 Å². The smallest absolute Gasteiger partial charge is 0.0776 e. The Morgan fingerprint density at radius 3 is 2.17 bits per heavy atom. The summed E-state index contributed by atoms with van der Waals surface area (Å²) in [7, 11) is 0. The van der Waals surface area contributed by atoms with Gasteiger partial charge in [-0.2, -0.15) is 0 Å². The van der Waals surface area contributed by atoms with Crippen LogP contribution in [-0.2, 0) is 4.74 Å². The second-order valence-electron chi connectivity index (χ2n) is 4.27. The van der Waals surface area contributed by atoms with Crippen molar-refractivity contribution in [3.05, 3.63) is 0 Å². The SMILES string of the molecule is CCOC(C)(C)C(N)CC(C)C. The zero-order chi connectivity index (χ0) is 9.78. The molecule has 2 nitrogen and oxygen atoms in total. The Kier molecular flexibility index (Phi) is 4.80. The van der Waals surface area contributed by atoms with Crippen molar-refractivity contribution in [2.75, 3.05) is 6.61 Å². The zero-order valence-electron chi connectivity index (χ0n) is 9.05. The van der Waals surface area contributed by atoms with Crippen molar-refractivity contribution < 1.29 is 4.74 Å². The van der Waals surface area contributed by atoms with E-state index in [1.54, 1.807) is 0 Å². The number of rotatable bonds is 5. The zero-order valence-corrected chi connectivity index (χ0v) is 9.05. The molecule has 0 saturated carbocycles. The summed E-state index contributed by atoms with van der Waals surface area (Å²) in [5, 5.41) is 0. The predicted octanol–water partition coefficient (Wildman–Crippen LogP) is 2.17. The molecule has 0 fully saturated rings. The van der Waals surface area contributed by atoms with Crippen LogP contribution in [-0.4, -0.2) is 18.2 Å². The van der Waals surface area contributed by atoms with Crippen LogP contribution in [0.15, 0.2) is 0 Å². The summed E-state index contributed by atoms with van der Waals surface area (Å²) in [6, 6.07) is 0.137. The summed E-state index contributed by atoms with van der Waals surface area (Å²) >= 11 is 0. The van der Waals surface area contributed by atoms with E-state index in [0.717, 1.165) is 13.0 Å². The minimum absolute atomic E-state index is 0.137. The van der Waals surface area contributed by atoms with E-state index in [2.05, 4.69) is 27.7 Å². The first-order valence-corrected chi connectivity index (χ1v) is 4.79. The van der Waals surface area contributed by atoms with Crippen LogP contribution >= 0.6 is 0 Å². The summed E-state index contributed by atoms with van der Waals surface area (Å²) in [4.78, 5) is 0. The first kappa shape index (κ1) is 11.9. The third-order valence-electron chi connectivity index (χ3n) is 2.13. The Balaban J connectivity index is 3.96. The fraction of sp³-hybridized carbons (Fsp3) is 1.00. The highest BCUT2D eigenvalue weighted by atomic mass is 16.5. The summed E-state index contributed by atoms with van der Waals surface area (Å²) in [5.41, 5.74) is 5.83. The monoisotopic (exact) mass is 173 g/mol. The minimum Gasteiger partial charge on any atom is -0.374 e. The summed E-state index contributed by atoms with van der Waals surface area (Å²) in [5.74, 6) is 0.639. The van der Waals surface area contributed by atoms with Crippen LogP contribution in [0.4, 0.5) is 0 Å². The van der Waals surface area contributed by atoms with E-state index >= 15 is 0 Å². The summed E-state index contributed by atoms with van der Waals surface area (Å²) < 4.78 is 5.57. The third kappa shape index (κ3) is 4.07. The van der Waals surface area contributed by atoms with Gasteiger partial charge >= 0.3 is 0 Å². The van der Waals surface area contributed by atoms with Crippen molar-refractivity contribution >= 4 is 0 Å². The van der Waals surface area contributed by atoms with Crippen LogP contribution in [0.5, 0.6) is 0 Å². The molecule has 12 heavy (non-hydrogen) atoms. The van der Waals surface area contributed by atoms with Gasteiger partial charge in [-0.25, -0.2) is 0 Å². The second-order valence-corrected chi connectivity index (χ2v) is 4.27. The molecule has 0 heterocycles. The van der Waals surface area contributed by atoms with Gasteiger partial charge in [0.1, 0.15) is 0 Å². The molecule has 0 aromatic rings. The standard InChI is InChI=1S/C10H23NO/c1-6-12-10(4,5)9(11)7-8(2)3/h8-9H,6-7,11H2,1-5H3. The molecule has 74 valence electrons. The summed E-state index contributed by atoms with van der Waals surface area (Å²) in [6.45, 7) is 11.2. The van der Waals surface area contributed by atoms with E-state index in [1.165, 1.54) is 0 Å². The van der Waals surface area contributed by atoms with Gasteiger partial charge in [-0.15, -0.1) is 0 Å². The van der Waals surface area contributed by atoms with E-state index in [1.807, 2.05) is 6.92 Å². The maximum atomic E-state index is 6.01. The van der Waals surface area contributed by atoms with Crippen molar-refractivity contribution in [3.8, 4) is 0 Å². The molecule has 0 aliphatic carbocycles. The maximum absolute atomic E-state index is 6.01. The lowest BCUT2D eigenvalue weighted by Crippen LogP contribution is -2.46. The highest BCUT2D eigenvalue weighted by Gasteiger charge is 2.26. The van der Waals surface area contributed by atoms with Crippen molar-refractivity contribution in [1.82, 2.24) is 0 Å². The maximum Gasteiger partial charge on any atom is 0.0776 e. The Morgan fingerprint density at radius 1 is 1.33 bits per heavy atom. The molecule has 0 aliphatic heterocycles. The van der Waals surface area contributed by atoms with Crippen LogP contribution in [0.2, 0.25) is 0 Å². The lowest BCUT2D eigenvalue weighted by atomic mass is 9.91. The van der Waals surface area contributed by atoms with Crippen molar-refractivity contribution in [2.24, 2.45) is 11.7 Å². The largest absolute Gasteiger partial charge is 0.374 e. The average molecular weight is 173 g/mol. The van der Waals surface area contributed by atoms with E-state index in [-0.39, 0.29) is 11.6 Å². The molecular formula is C10H23NO. The van der Waals surface area contributed by atoms with E-state index in [4.69, 9.17) is 10.5 Å². The van der Waals surface area contributed by atoms with Crippen molar-refractivity contribution in [2.45, 2.75) is 52.7 Å². The molecule has 2 N–H and O–H groups in total. The molecule has 0 rings (SSSR count). The van der Waals surface area contributed by atoms with Gasteiger partial charge in [0.25, 0.3) is 0 Å². The first-order chi connectivity index (χ1) is 5.40. The van der Waals surface area contributed by atoms with E-state index in [0.29, 0.717) is 5.92 Å². The molecule has 0 bridgehead atoms. The Hall–Kier alpha value is -0.0800. The Labute approximate surface area is 76.5 Å². The average Bonchev–Trinajstić information content (AvgIpc) is 1.85. The molecule has 0 aromatic carbocycles. The van der Waals surface area contributed by atoms with Gasteiger partial charge in [-0.1, -0.05) is 13.8 Å². The Morgan fingerprint density at radius 2 is 1.83 bits per heavy atom. The molecule has 0 amide bonds. The highest BCUT2D eigenvalue weighted by Crippen LogP contribution is 2.18. The van der Waals surface area contributed by atoms with Gasteiger partial charge in [0.15, 0.2) is 0 Å². The van der Waals surface area contributed by atoms with Crippen LogP contribution < -0.4 is 5.73 Å². The van der Waals surface area contributed by atoms with Crippen LogP contribution in [0.1, 0.15) is 41.0 Å². The number of nitrogens with two attached hydrogens (primary N) is 1. The number of ether oxygens (including phenoxy) is 1. The van der Waals surface area contributed by atoms with Crippen LogP contribution in [0, 0.1) is 5.92 Å². The van der Waals surface area contributed by atoms with Crippen LogP contribution in [0.25, 0.3) is 0 Å². The molecule has 1 unspecified atom stereocenters. The fourth-order valence-electron chi connectivity index (χ4n) is 1.27. The van der Waals surface area contributed by atoms with Gasteiger partial charge < -0.3 is 10.5 Å². The minimum atomic E-state index is -0.182. The lowest BCUT2D eigenvalue weighted by Gasteiger charge is -2.32. The third-order valence-corrected chi connectivity index (χ3v) is 2.13.